The Kier molecular flexibility index (Phi) is 3.89. The Morgan fingerprint density at radius 2 is 2.20 bits per heavy atom. The van der Waals surface area contributed by atoms with Crippen molar-refractivity contribution >= 4 is 17.3 Å². The largest absolute Gasteiger partial charge is 0.396 e. The lowest BCUT2D eigenvalue weighted by Gasteiger charge is -2.14. The molecule has 108 valence electrons. The first-order valence-electron chi connectivity index (χ1n) is 6.36. The average molecular weight is 279 g/mol. The van der Waals surface area contributed by atoms with E-state index in [1.165, 1.54) is 25.2 Å². The van der Waals surface area contributed by atoms with E-state index in [1.54, 1.807) is 0 Å². The van der Waals surface area contributed by atoms with Crippen molar-refractivity contribution < 1.29 is 14.8 Å². The molecule has 0 saturated heterocycles. The quantitative estimate of drug-likeness (QED) is 0.535. The molecule has 1 fully saturated rings. The van der Waals surface area contributed by atoms with Crippen LogP contribution in [0.25, 0.3) is 0 Å². The maximum Gasteiger partial charge on any atom is 0.292 e. The van der Waals surface area contributed by atoms with E-state index in [4.69, 9.17) is 0 Å². The summed E-state index contributed by atoms with van der Waals surface area (Å²) in [5, 5.41) is 25.7. The minimum Gasteiger partial charge on any atom is -0.396 e. The molecule has 1 saturated carbocycles. The summed E-state index contributed by atoms with van der Waals surface area (Å²) in [6.45, 7) is 0.518. The Hall–Kier alpha value is -2.15. The van der Waals surface area contributed by atoms with Crippen molar-refractivity contribution in [3.8, 4) is 0 Å². The fourth-order valence-electron chi connectivity index (χ4n) is 1.97. The zero-order valence-electron chi connectivity index (χ0n) is 11.2. The molecule has 0 unspecified atom stereocenters. The van der Waals surface area contributed by atoms with Gasteiger partial charge in [-0.05, 0) is 25.0 Å². The molecular formula is C13H17N3O4. The number of carbonyl (C=O) groups is 1. The maximum atomic E-state index is 11.6. The molecule has 0 aliphatic heterocycles. The zero-order valence-corrected chi connectivity index (χ0v) is 11.2. The van der Waals surface area contributed by atoms with Gasteiger partial charge < -0.3 is 15.7 Å². The number of rotatable bonds is 6. The second-order valence-corrected chi connectivity index (χ2v) is 5.08. The van der Waals surface area contributed by atoms with E-state index in [0.29, 0.717) is 17.8 Å². The molecule has 0 aromatic heterocycles. The van der Waals surface area contributed by atoms with Gasteiger partial charge in [0.05, 0.1) is 11.5 Å². The highest BCUT2D eigenvalue weighted by atomic mass is 16.6. The van der Waals surface area contributed by atoms with Crippen molar-refractivity contribution in [2.75, 3.05) is 25.5 Å². The average Bonchev–Trinajstić information content (AvgIpc) is 3.24. The Morgan fingerprint density at radius 3 is 2.70 bits per heavy atom. The number of nitro groups is 1. The van der Waals surface area contributed by atoms with E-state index in [2.05, 4.69) is 10.6 Å². The van der Waals surface area contributed by atoms with Crippen molar-refractivity contribution in [3.05, 3.63) is 33.9 Å². The highest BCUT2D eigenvalue weighted by molar-refractivity contribution is 5.95. The van der Waals surface area contributed by atoms with Crippen molar-refractivity contribution in [1.82, 2.24) is 5.32 Å². The SMILES string of the molecule is CNC(=O)c1ccc([N+](=O)[O-])c(NCC2(CO)CC2)c1. The van der Waals surface area contributed by atoms with Gasteiger partial charge >= 0.3 is 0 Å². The van der Waals surface area contributed by atoms with Crippen molar-refractivity contribution in [2.24, 2.45) is 5.41 Å². The molecule has 0 spiro atoms. The number of hydrogen-bond donors (Lipinski definition) is 3. The van der Waals surface area contributed by atoms with Gasteiger partial charge in [0.1, 0.15) is 5.69 Å². The summed E-state index contributed by atoms with van der Waals surface area (Å²) in [5.74, 6) is -0.300. The van der Waals surface area contributed by atoms with Crippen LogP contribution in [0, 0.1) is 15.5 Å². The van der Waals surface area contributed by atoms with E-state index < -0.39 is 4.92 Å². The van der Waals surface area contributed by atoms with Crippen LogP contribution in [0.15, 0.2) is 18.2 Å². The number of benzene rings is 1. The van der Waals surface area contributed by atoms with Crippen molar-refractivity contribution in [3.63, 3.8) is 0 Å². The number of aliphatic hydroxyl groups is 1. The molecule has 0 heterocycles. The first-order chi connectivity index (χ1) is 9.51. The Bertz CT molecular complexity index is 540. The zero-order chi connectivity index (χ0) is 14.8. The van der Waals surface area contributed by atoms with E-state index in [-0.39, 0.29) is 23.6 Å². The fourth-order valence-corrected chi connectivity index (χ4v) is 1.97. The standard InChI is InChI=1S/C13H17N3O4/c1-14-12(18)9-2-3-11(16(19)20)10(6-9)15-7-13(8-17)4-5-13/h2-3,6,15,17H,4-5,7-8H2,1H3,(H,14,18). The predicted molar refractivity (Wildman–Crippen MR) is 73.7 cm³/mol. The first-order valence-corrected chi connectivity index (χ1v) is 6.36. The molecule has 0 bridgehead atoms. The maximum absolute atomic E-state index is 11.6. The van der Waals surface area contributed by atoms with Crippen LogP contribution in [0.2, 0.25) is 0 Å². The second kappa shape index (κ2) is 5.46. The predicted octanol–water partition coefficient (Wildman–Crippen LogP) is 1.14. The monoisotopic (exact) mass is 279 g/mol. The van der Waals surface area contributed by atoms with Crippen LogP contribution in [-0.4, -0.2) is 36.1 Å². The number of aliphatic hydroxyl groups excluding tert-OH is 1. The number of anilines is 1. The van der Waals surface area contributed by atoms with Crippen LogP contribution >= 0.6 is 0 Å². The molecule has 20 heavy (non-hydrogen) atoms. The third kappa shape index (κ3) is 2.88. The minimum atomic E-state index is -0.492. The minimum absolute atomic E-state index is 0.0585. The lowest BCUT2D eigenvalue weighted by atomic mass is 10.1. The summed E-state index contributed by atoms with van der Waals surface area (Å²) < 4.78 is 0. The lowest BCUT2D eigenvalue weighted by Crippen LogP contribution is -2.21. The summed E-state index contributed by atoms with van der Waals surface area (Å²) in [6, 6.07) is 4.19. The molecule has 7 nitrogen and oxygen atoms in total. The van der Waals surface area contributed by atoms with Crippen LogP contribution in [0.5, 0.6) is 0 Å². The van der Waals surface area contributed by atoms with Crippen molar-refractivity contribution in [2.45, 2.75) is 12.8 Å². The summed E-state index contributed by atoms with van der Waals surface area (Å²) in [4.78, 5) is 22.1. The number of nitrogens with zero attached hydrogens (tertiary/aromatic N) is 1. The number of amides is 1. The van der Waals surface area contributed by atoms with E-state index >= 15 is 0 Å². The fraction of sp³-hybridized carbons (Fsp3) is 0.462. The number of carbonyl (C=O) groups excluding carboxylic acids is 1. The normalized spacial score (nSPS) is 15.5. The summed E-state index contributed by atoms with van der Waals surface area (Å²) in [7, 11) is 1.50. The van der Waals surface area contributed by atoms with Gasteiger partial charge in [0.15, 0.2) is 0 Å². The Labute approximate surface area is 116 Å². The topological polar surface area (TPSA) is 104 Å². The van der Waals surface area contributed by atoms with Crippen LogP contribution in [0.1, 0.15) is 23.2 Å². The third-order valence-corrected chi connectivity index (χ3v) is 3.63. The molecule has 1 amide bonds. The Morgan fingerprint density at radius 1 is 1.50 bits per heavy atom. The van der Waals surface area contributed by atoms with Gasteiger partial charge in [-0.1, -0.05) is 0 Å². The van der Waals surface area contributed by atoms with E-state index in [9.17, 15) is 20.0 Å². The van der Waals surface area contributed by atoms with Crippen LogP contribution < -0.4 is 10.6 Å². The molecular weight excluding hydrogens is 262 g/mol. The second-order valence-electron chi connectivity index (χ2n) is 5.08. The van der Waals surface area contributed by atoms with Gasteiger partial charge in [-0.3, -0.25) is 14.9 Å². The highest BCUT2D eigenvalue weighted by Crippen LogP contribution is 2.45. The third-order valence-electron chi connectivity index (χ3n) is 3.63. The van der Waals surface area contributed by atoms with Gasteiger partial charge in [-0.15, -0.1) is 0 Å². The molecule has 1 aliphatic carbocycles. The first kappa shape index (κ1) is 14.3. The number of nitrogens with one attached hydrogen (secondary N) is 2. The van der Waals surface area contributed by atoms with E-state index in [0.717, 1.165) is 12.8 Å². The number of hydrogen-bond acceptors (Lipinski definition) is 5. The molecule has 0 atom stereocenters. The molecule has 1 aliphatic rings. The highest BCUT2D eigenvalue weighted by Gasteiger charge is 2.42. The molecule has 1 aromatic carbocycles. The molecule has 7 heteroatoms. The van der Waals surface area contributed by atoms with Crippen LogP contribution in [0.4, 0.5) is 11.4 Å². The molecule has 2 rings (SSSR count). The van der Waals surface area contributed by atoms with Crippen molar-refractivity contribution in [1.29, 1.82) is 0 Å². The van der Waals surface area contributed by atoms with Gasteiger partial charge in [0.2, 0.25) is 0 Å². The summed E-state index contributed by atoms with van der Waals surface area (Å²) in [5.41, 5.74) is 0.410. The lowest BCUT2D eigenvalue weighted by molar-refractivity contribution is -0.384. The summed E-state index contributed by atoms with van der Waals surface area (Å²) in [6.07, 6.45) is 1.80. The molecule has 1 aromatic rings. The van der Waals surface area contributed by atoms with Gasteiger partial charge in [-0.2, -0.15) is 0 Å². The van der Waals surface area contributed by atoms with Crippen LogP contribution in [-0.2, 0) is 0 Å². The smallest absolute Gasteiger partial charge is 0.292 e. The van der Waals surface area contributed by atoms with Gasteiger partial charge in [0, 0.05) is 30.6 Å². The molecule has 3 N–H and O–H groups in total. The van der Waals surface area contributed by atoms with Gasteiger partial charge in [0.25, 0.3) is 11.6 Å². The molecule has 0 radical (unpaired) electrons. The van der Waals surface area contributed by atoms with E-state index in [1.807, 2.05) is 0 Å². The number of nitro benzene ring substituents is 1. The summed E-state index contributed by atoms with van der Waals surface area (Å²) >= 11 is 0. The van der Waals surface area contributed by atoms with Crippen LogP contribution in [0.3, 0.4) is 0 Å². The van der Waals surface area contributed by atoms with Gasteiger partial charge in [-0.25, -0.2) is 0 Å². The Balaban J connectivity index is 2.22.